The number of halogens is 1. The predicted octanol–water partition coefficient (Wildman–Crippen LogP) is 2.25. The maximum absolute atomic E-state index is 5.80. The minimum absolute atomic E-state index is 0.680. The third-order valence-corrected chi connectivity index (χ3v) is 2.52. The van der Waals surface area contributed by atoms with E-state index in [0.29, 0.717) is 5.82 Å². The number of aryl methyl sites for hydroxylation is 1. The van der Waals surface area contributed by atoms with Crippen LogP contribution in [0.2, 0.25) is 5.02 Å². The van der Waals surface area contributed by atoms with E-state index in [1.807, 2.05) is 37.4 Å². The minimum Gasteiger partial charge on any atom is -0.384 e. The van der Waals surface area contributed by atoms with Crippen LogP contribution in [0.5, 0.6) is 0 Å². The molecule has 0 amide bonds. The van der Waals surface area contributed by atoms with Gasteiger partial charge < -0.3 is 5.73 Å². The molecule has 0 saturated carbocycles. The topological polar surface area (TPSA) is 43.8 Å². The first-order valence-electron chi connectivity index (χ1n) is 4.68. The van der Waals surface area contributed by atoms with Crippen molar-refractivity contribution in [1.82, 2.24) is 9.78 Å². The van der Waals surface area contributed by atoms with Crippen LogP contribution < -0.4 is 5.73 Å². The lowest BCUT2D eigenvalue weighted by Gasteiger charge is -1.97. The molecule has 0 aliphatic carbocycles. The van der Waals surface area contributed by atoms with E-state index in [0.717, 1.165) is 17.1 Å². The Morgan fingerprint density at radius 3 is 2.53 bits per heavy atom. The van der Waals surface area contributed by atoms with Crippen LogP contribution in [0.1, 0.15) is 11.3 Å². The van der Waals surface area contributed by atoms with E-state index in [9.17, 15) is 0 Å². The van der Waals surface area contributed by atoms with Gasteiger partial charge in [0.2, 0.25) is 0 Å². The molecule has 0 fully saturated rings. The van der Waals surface area contributed by atoms with Crippen LogP contribution in [-0.2, 0) is 13.5 Å². The number of anilines is 1. The maximum Gasteiger partial charge on any atom is 0.121 e. The zero-order chi connectivity index (χ0) is 10.8. The van der Waals surface area contributed by atoms with Crippen molar-refractivity contribution >= 4 is 17.4 Å². The van der Waals surface area contributed by atoms with E-state index < -0.39 is 0 Å². The molecule has 2 rings (SSSR count). The van der Waals surface area contributed by atoms with Crippen LogP contribution >= 0.6 is 11.6 Å². The van der Waals surface area contributed by atoms with Crippen molar-refractivity contribution in [2.24, 2.45) is 7.05 Å². The Bertz CT molecular complexity index is 440. The molecule has 1 aromatic heterocycles. The molecule has 0 aliphatic heterocycles. The van der Waals surface area contributed by atoms with Crippen LogP contribution in [-0.4, -0.2) is 9.78 Å². The molecule has 78 valence electrons. The molecule has 4 heteroatoms. The Morgan fingerprint density at radius 1 is 1.33 bits per heavy atom. The first-order valence-corrected chi connectivity index (χ1v) is 5.06. The first kappa shape index (κ1) is 10.1. The Morgan fingerprint density at radius 2 is 2.00 bits per heavy atom. The van der Waals surface area contributed by atoms with Gasteiger partial charge >= 0.3 is 0 Å². The number of benzene rings is 1. The molecule has 1 heterocycles. The molecule has 3 nitrogen and oxygen atoms in total. The van der Waals surface area contributed by atoms with Gasteiger partial charge in [0.05, 0.1) is 5.69 Å². The molecule has 2 N–H and O–H groups in total. The van der Waals surface area contributed by atoms with Crippen LogP contribution in [0, 0.1) is 0 Å². The largest absolute Gasteiger partial charge is 0.384 e. The summed E-state index contributed by atoms with van der Waals surface area (Å²) in [5.41, 5.74) is 7.85. The third-order valence-electron chi connectivity index (χ3n) is 2.27. The highest BCUT2D eigenvalue weighted by Gasteiger charge is 2.02. The van der Waals surface area contributed by atoms with Crippen molar-refractivity contribution in [3.8, 4) is 0 Å². The fourth-order valence-corrected chi connectivity index (χ4v) is 1.57. The Balaban J connectivity index is 2.18. The summed E-state index contributed by atoms with van der Waals surface area (Å²) in [5, 5.41) is 5.04. The van der Waals surface area contributed by atoms with Gasteiger partial charge in [-0.2, -0.15) is 5.10 Å². The fourth-order valence-electron chi connectivity index (χ4n) is 1.44. The van der Waals surface area contributed by atoms with E-state index in [2.05, 4.69) is 5.10 Å². The lowest BCUT2D eigenvalue weighted by molar-refractivity contribution is 0.759. The average Bonchev–Trinajstić information content (AvgIpc) is 2.50. The normalized spacial score (nSPS) is 10.5. The number of nitrogens with zero attached hydrogens (tertiary/aromatic N) is 2. The Kier molecular flexibility index (Phi) is 2.64. The lowest BCUT2D eigenvalue weighted by Crippen LogP contribution is -1.97. The highest BCUT2D eigenvalue weighted by Crippen LogP contribution is 2.14. The van der Waals surface area contributed by atoms with Gasteiger partial charge in [-0.05, 0) is 17.7 Å². The predicted molar refractivity (Wildman–Crippen MR) is 61.9 cm³/mol. The Hall–Kier alpha value is -1.48. The molecule has 0 unspecified atom stereocenters. The van der Waals surface area contributed by atoms with Crippen molar-refractivity contribution in [2.75, 3.05) is 5.73 Å². The Labute approximate surface area is 93.5 Å². The third kappa shape index (κ3) is 2.30. The monoisotopic (exact) mass is 221 g/mol. The van der Waals surface area contributed by atoms with Gasteiger partial charge in [-0.3, -0.25) is 4.68 Å². The molecule has 0 saturated heterocycles. The summed E-state index contributed by atoms with van der Waals surface area (Å²) >= 11 is 5.80. The number of rotatable bonds is 2. The van der Waals surface area contributed by atoms with Crippen molar-refractivity contribution in [2.45, 2.75) is 6.42 Å². The molecule has 2 aromatic rings. The molecule has 0 spiro atoms. The number of hydrogen-bond acceptors (Lipinski definition) is 2. The van der Waals surface area contributed by atoms with Gasteiger partial charge in [0.25, 0.3) is 0 Å². The van der Waals surface area contributed by atoms with Gasteiger partial charge in [-0.1, -0.05) is 23.7 Å². The molecule has 0 bridgehead atoms. The van der Waals surface area contributed by atoms with Crippen LogP contribution in [0.3, 0.4) is 0 Å². The number of hydrogen-bond donors (Lipinski definition) is 1. The summed E-state index contributed by atoms with van der Waals surface area (Å²) in [6.45, 7) is 0. The molecule has 0 atom stereocenters. The highest BCUT2D eigenvalue weighted by molar-refractivity contribution is 6.30. The van der Waals surface area contributed by atoms with Gasteiger partial charge in [-0.15, -0.1) is 0 Å². The molecule has 1 aromatic carbocycles. The maximum atomic E-state index is 5.80. The minimum atomic E-state index is 0.680. The van der Waals surface area contributed by atoms with E-state index in [4.69, 9.17) is 17.3 Å². The van der Waals surface area contributed by atoms with E-state index in [-0.39, 0.29) is 0 Å². The lowest BCUT2D eigenvalue weighted by atomic mass is 10.1. The van der Waals surface area contributed by atoms with Crippen LogP contribution in [0.25, 0.3) is 0 Å². The van der Waals surface area contributed by atoms with E-state index >= 15 is 0 Å². The quantitative estimate of drug-likeness (QED) is 0.846. The zero-order valence-corrected chi connectivity index (χ0v) is 9.20. The summed E-state index contributed by atoms with van der Waals surface area (Å²) in [5.74, 6) is 0.680. The molecule has 0 radical (unpaired) electrons. The van der Waals surface area contributed by atoms with Crippen molar-refractivity contribution in [3.63, 3.8) is 0 Å². The van der Waals surface area contributed by atoms with Crippen molar-refractivity contribution in [3.05, 3.63) is 46.6 Å². The molecule has 15 heavy (non-hydrogen) atoms. The molecule has 0 aliphatic rings. The number of nitrogen functional groups attached to an aromatic ring is 1. The van der Waals surface area contributed by atoms with Gasteiger partial charge in [0, 0.05) is 24.6 Å². The first-order chi connectivity index (χ1) is 7.15. The summed E-state index contributed by atoms with van der Waals surface area (Å²) in [6.07, 6.45) is 0.780. The summed E-state index contributed by atoms with van der Waals surface area (Å²) in [6, 6.07) is 9.63. The summed E-state index contributed by atoms with van der Waals surface area (Å²) in [4.78, 5) is 0. The van der Waals surface area contributed by atoms with Gasteiger partial charge in [0.15, 0.2) is 0 Å². The zero-order valence-electron chi connectivity index (χ0n) is 8.44. The highest BCUT2D eigenvalue weighted by atomic mass is 35.5. The number of aromatic nitrogens is 2. The molecular formula is C11H12ClN3. The standard InChI is InChI=1S/C11H12ClN3/c1-15-11(13)7-10(14-15)6-8-2-4-9(12)5-3-8/h2-5,7H,6,13H2,1H3. The van der Waals surface area contributed by atoms with Crippen molar-refractivity contribution in [1.29, 1.82) is 0 Å². The average molecular weight is 222 g/mol. The SMILES string of the molecule is Cn1nc(Cc2ccc(Cl)cc2)cc1N. The van der Waals surface area contributed by atoms with E-state index in [1.54, 1.807) is 4.68 Å². The van der Waals surface area contributed by atoms with Crippen LogP contribution in [0.15, 0.2) is 30.3 Å². The summed E-state index contributed by atoms with van der Waals surface area (Å²) in [7, 11) is 1.83. The molecular weight excluding hydrogens is 210 g/mol. The number of nitrogens with two attached hydrogens (primary N) is 1. The second kappa shape index (κ2) is 3.95. The second-order valence-electron chi connectivity index (χ2n) is 3.49. The van der Waals surface area contributed by atoms with Crippen LogP contribution in [0.4, 0.5) is 5.82 Å². The second-order valence-corrected chi connectivity index (χ2v) is 3.92. The fraction of sp³-hybridized carbons (Fsp3) is 0.182. The van der Waals surface area contributed by atoms with E-state index in [1.165, 1.54) is 5.56 Å². The van der Waals surface area contributed by atoms with Crippen molar-refractivity contribution < 1.29 is 0 Å². The smallest absolute Gasteiger partial charge is 0.121 e. The van der Waals surface area contributed by atoms with Gasteiger partial charge in [0.1, 0.15) is 5.82 Å². The summed E-state index contributed by atoms with van der Waals surface area (Å²) < 4.78 is 1.67. The van der Waals surface area contributed by atoms with Gasteiger partial charge in [-0.25, -0.2) is 0 Å².